The summed E-state index contributed by atoms with van der Waals surface area (Å²) in [6, 6.07) is 69.2. The highest BCUT2D eigenvalue weighted by atomic mass is 16.3. The summed E-state index contributed by atoms with van der Waals surface area (Å²) in [4.78, 5) is 2.40. The van der Waals surface area contributed by atoms with Gasteiger partial charge in [-0.3, -0.25) is 0 Å². The Labute approximate surface area is 295 Å². The first-order valence-electron chi connectivity index (χ1n) is 17.4. The average Bonchev–Trinajstić information content (AvgIpc) is 3.74. The van der Waals surface area contributed by atoms with Crippen LogP contribution in [-0.4, -0.2) is 4.57 Å². The van der Waals surface area contributed by atoms with Gasteiger partial charge in [-0.25, -0.2) is 0 Å². The Hall–Kier alpha value is -6.84. The monoisotopic (exact) mass is 652 g/mol. The Morgan fingerprint density at radius 3 is 1.80 bits per heavy atom. The van der Waals surface area contributed by atoms with Gasteiger partial charge in [-0.1, -0.05) is 133 Å². The predicted octanol–water partition coefficient (Wildman–Crippen LogP) is 13.5. The number of benzene rings is 8. The topological polar surface area (TPSA) is 21.3 Å². The molecule has 240 valence electrons. The first-order valence-corrected chi connectivity index (χ1v) is 17.4. The molecule has 0 bridgehead atoms. The molecule has 10 rings (SSSR count). The van der Waals surface area contributed by atoms with Gasteiger partial charge in [-0.15, -0.1) is 0 Å². The fraction of sp³-hybridized carbons (Fsp3) is 0. The van der Waals surface area contributed by atoms with Crippen molar-refractivity contribution in [2.75, 3.05) is 4.90 Å². The van der Waals surface area contributed by atoms with Crippen LogP contribution in [0, 0.1) is 0 Å². The highest BCUT2D eigenvalue weighted by molar-refractivity contribution is 6.16. The maximum absolute atomic E-state index is 6.27. The highest BCUT2D eigenvalue weighted by Crippen LogP contribution is 2.45. The smallest absolute Gasteiger partial charge is 0.135 e. The van der Waals surface area contributed by atoms with Crippen LogP contribution in [0.1, 0.15) is 0 Å². The summed E-state index contributed by atoms with van der Waals surface area (Å²) >= 11 is 0. The third-order valence-corrected chi connectivity index (χ3v) is 9.98. The van der Waals surface area contributed by atoms with Crippen molar-refractivity contribution < 1.29 is 4.42 Å². The summed E-state index contributed by atoms with van der Waals surface area (Å²) in [5, 5.41) is 4.66. The second-order valence-corrected chi connectivity index (χ2v) is 12.9. The lowest BCUT2D eigenvalue weighted by Crippen LogP contribution is -2.11. The summed E-state index contributed by atoms with van der Waals surface area (Å²) in [7, 11) is 0. The second-order valence-electron chi connectivity index (χ2n) is 12.9. The molecule has 0 aliphatic heterocycles. The third-order valence-electron chi connectivity index (χ3n) is 9.98. The number of fused-ring (bicyclic) bond motifs is 6. The third kappa shape index (κ3) is 4.82. The van der Waals surface area contributed by atoms with E-state index in [1.165, 1.54) is 33.0 Å². The van der Waals surface area contributed by atoms with Gasteiger partial charge in [0.1, 0.15) is 11.2 Å². The summed E-state index contributed by atoms with van der Waals surface area (Å²) < 4.78 is 8.68. The van der Waals surface area contributed by atoms with Crippen molar-refractivity contribution in [3.8, 4) is 27.9 Å². The van der Waals surface area contributed by atoms with Gasteiger partial charge in [0.05, 0.1) is 16.7 Å². The maximum atomic E-state index is 6.27. The Bertz CT molecular complexity index is 2850. The Balaban J connectivity index is 1.28. The van der Waals surface area contributed by atoms with Crippen LogP contribution in [-0.2, 0) is 0 Å². The Kier molecular flexibility index (Phi) is 6.81. The zero-order chi connectivity index (χ0) is 33.7. The molecule has 8 aromatic carbocycles. The molecule has 0 saturated carbocycles. The molecular weight excluding hydrogens is 621 g/mol. The molecule has 2 heterocycles. The average molecular weight is 653 g/mol. The van der Waals surface area contributed by atoms with Gasteiger partial charge in [-0.05, 0) is 77.4 Å². The lowest BCUT2D eigenvalue weighted by molar-refractivity contribution is 0.669. The largest absolute Gasteiger partial charge is 0.456 e. The Morgan fingerprint density at radius 2 is 1.00 bits per heavy atom. The number of para-hydroxylation sites is 3. The van der Waals surface area contributed by atoms with Crippen LogP contribution in [0.2, 0.25) is 0 Å². The van der Waals surface area contributed by atoms with Gasteiger partial charge < -0.3 is 13.9 Å². The van der Waals surface area contributed by atoms with Crippen LogP contribution in [0.5, 0.6) is 0 Å². The van der Waals surface area contributed by atoms with E-state index in [4.69, 9.17) is 4.42 Å². The van der Waals surface area contributed by atoms with Crippen LogP contribution in [0.4, 0.5) is 17.1 Å². The van der Waals surface area contributed by atoms with E-state index in [-0.39, 0.29) is 0 Å². The lowest BCUT2D eigenvalue weighted by atomic mass is 9.99. The van der Waals surface area contributed by atoms with E-state index >= 15 is 0 Å². The summed E-state index contributed by atoms with van der Waals surface area (Å²) in [5.41, 5.74) is 13.2. The minimum Gasteiger partial charge on any atom is -0.456 e. The molecule has 0 spiro atoms. The van der Waals surface area contributed by atoms with Crippen molar-refractivity contribution in [1.82, 2.24) is 4.57 Å². The van der Waals surface area contributed by atoms with Crippen molar-refractivity contribution >= 4 is 60.8 Å². The molecule has 0 saturated heterocycles. The van der Waals surface area contributed by atoms with Gasteiger partial charge in [0.15, 0.2) is 0 Å². The normalized spacial score (nSPS) is 11.5. The van der Waals surface area contributed by atoms with Crippen LogP contribution in [0.3, 0.4) is 0 Å². The van der Waals surface area contributed by atoms with Crippen molar-refractivity contribution in [2.24, 2.45) is 0 Å². The molecule has 0 amide bonds. The van der Waals surface area contributed by atoms with E-state index in [1.54, 1.807) is 0 Å². The number of rotatable bonds is 6. The summed E-state index contributed by atoms with van der Waals surface area (Å²) in [5.74, 6) is 0. The van der Waals surface area contributed by atoms with E-state index in [0.717, 1.165) is 55.8 Å². The predicted molar refractivity (Wildman–Crippen MR) is 214 cm³/mol. The van der Waals surface area contributed by atoms with Gasteiger partial charge in [0.2, 0.25) is 0 Å². The maximum Gasteiger partial charge on any atom is 0.135 e. The second kappa shape index (κ2) is 11.9. The number of furan rings is 1. The molecule has 10 aromatic rings. The summed E-state index contributed by atoms with van der Waals surface area (Å²) in [6.45, 7) is 0. The number of hydrogen-bond acceptors (Lipinski definition) is 2. The first-order chi connectivity index (χ1) is 25.3. The molecular formula is C48H32N2O. The van der Waals surface area contributed by atoms with Gasteiger partial charge >= 0.3 is 0 Å². The molecule has 0 aliphatic carbocycles. The van der Waals surface area contributed by atoms with Crippen LogP contribution in [0.15, 0.2) is 199 Å². The number of nitrogens with zero attached hydrogens (tertiary/aromatic N) is 2. The van der Waals surface area contributed by atoms with E-state index in [2.05, 4.69) is 191 Å². The molecule has 0 fully saturated rings. The van der Waals surface area contributed by atoms with Crippen LogP contribution in [0.25, 0.3) is 71.7 Å². The van der Waals surface area contributed by atoms with E-state index in [0.29, 0.717) is 0 Å². The number of anilines is 3. The molecule has 2 aromatic heterocycles. The summed E-state index contributed by atoms with van der Waals surface area (Å²) in [6.07, 6.45) is 0. The fourth-order valence-electron chi connectivity index (χ4n) is 7.72. The minimum atomic E-state index is 0.879. The lowest BCUT2D eigenvalue weighted by Gasteiger charge is -2.28. The van der Waals surface area contributed by atoms with Crippen molar-refractivity contribution in [3.63, 3.8) is 0 Å². The quantitative estimate of drug-likeness (QED) is 0.178. The van der Waals surface area contributed by atoms with Crippen molar-refractivity contribution in [1.29, 1.82) is 0 Å². The molecule has 3 nitrogen and oxygen atoms in total. The number of hydrogen-bond donors (Lipinski definition) is 0. The van der Waals surface area contributed by atoms with E-state index < -0.39 is 0 Å². The van der Waals surface area contributed by atoms with Crippen molar-refractivity contribution in [2.45, 2.75) is 0 Å². The molecule has 0 aliphatic rings. The zero-order valence-corrected chi connectivity index (χ0v) is 27.8. The standard InChI is InChI=1S/C48H32N2O/c1-4-15-33(16-5-1)38-21-10-12-24-43(38)49(36-28-30-47-42(31-36)40-22-11-13-26-46(40)51-47)37-27-29-41-45(32-37)50(35-19-8-3-9-20-35)44-25-14-23-39(48(41)44)34-17-6-2-7-18-34/h1-32H. The highest BCUT2D eigenvalue weighted by Gasteiger charge is 2.22. The van der Waals surface area contributed by atoms with Crippen LogP contribution < -0.4 is 4.90 Å². The fourth-order valence-corrected chi connectivity index (χ4v) is 7.72. The molecule has 0 unspecified atom stereocenters. The SMILES string of the molecule is c1ccc(-c2ccccc2N(c2ccc3oc4ccccc4c3c2)c2ccc3c4c(-c5ccccc5)cccc4n(-c4ccccc4)c3c2)cc1. The molecule has 51 heavy (non-hydrogen) atoms. The number of aromatic nitrogens is 1. The van der Waals surface area contributed by atoms with Gasteiger partial charge in [-0.2, -0.15) is 0 Å². The minimum absolute atomic E-state index is 0.879. The zero-order valence-electron chi connectivity index (χ0n) is 27.8. The van der Waals surface area contributed by atoms with Crippen molar-refractivity contribution in [3.05, 3.63) is 194 Å². The van der Waals surface area contributed by atoms with Crippen LogP contribution >= 0.6 is 0 Å². The molecule has 0 radical (unpaired) electrons. The molecule has 0 N–H and O–H groups in total. The van der Waals surface area contributed by atoms with E-state index in [9.17, 15) is 0 Å². The van der Waals surface area contributed by atoms with Gasteiger partial charge in [0, 0.05) is 44.2 Å². The van der Waals surface area contributed by atoms with Gasteiger partial charge in [0.25, 0.3) is 0 Å². The first kappa shape index (κ1) is 29.1. The Morgan fingerprint density at radius 1 is 0.392 bits per heavy atom. The van der Waals surface area contributed by atoms with E-state index in [1.807, 2.05) is 12.1 Å². The molecule has 0 atom stereocenters. The molecule has 3 heteroatoms.